The number of ether oxygens (including phenoxy) is 1. The topological polar surface area (TPSA) is 50.4 Å². The van der Waals surface area contributed by atoms with Crippen LogP contribution < -0.4 is 15.4 Å². The molecule has 0 heterocycles. The van der Waals surface area contributed by atoms with E-state index in [2.05, 4.69) is 17.6 Å². The summed E-state index contributed by atoms with van der Waals surface area (Å²) >= 11 is 0. The second-order valence-electron chi connectivity index (χ2n) is 5.04. The van der Waals surface area contributed by atoms with Crippen molar-refractivity contribution >= 4 is 17.3 Å². The fourth-order valence-corrected chi connectivity index (χ4v) is 2.03. The van der Waals surface area contributed by atoms with Crippen molar-refractivity contribution in [2.75, 3.05) is 24.3 Å². The Morgan fingerprint density at radius 2 is 1.64 bits per heavy atom. The van der Waals surface area contributed by atoms with Crippen molar-refractivity contribution in [1.29, 1.82) is 0 Å². The molecule has 0 bridgehead atoms. The number of amides is 1. The van der Waals surface area contributed by atoms with Gasteiger partial charge >= 0.3 is 0 Å². The van der Waals surface area contributed by atoms with Gasteiger partial charge in [0.25, 0.3) is 5.91 Å². The van der Waals surface area contributed by atoms with E-state index in [-0.39, 0.29) is 5.91 Å². The van der Waals surface area contributed by atoms with Crippen molar-refractivity contribution in [1.82, 2.24) is 0 Å². The number of benzene rings is 2. The van der Waals surface area contributed by atoms with Crippen molar-refractivity contribution in [2.45, 2.75) is 19.8 Å². The summed E-state index contributed by atoms with van der Waals surface area (Å²) in [6.45, 7) is 3.11. The fourth-order valence-electron chi connectivity index (χ4n) is 2.03. The molecule has 116 valence electrons. The van der Waals surface area contributed by atoms with E-state index in [1.807, 2.05) is 48.5 Å². The van der Waals surface area contributed by atoms with Gasteiger partial charge in [-0.1, -0.05) is 13.3 Å². The number of carbonyl (C=O) groups excluding carboxylic acids is 1. The minimum atomic E-state index is -0.120. The average molecular weight is 298 g/mol. The number of methoxy groups -OCH3 is 1. The Balaban J connectivity index is 1.94. The van der Waals surface area contributed by atoms with Crippen molar-refractivity contribution in [2.24, 2.45) is 0 Å². The Morgan fingerprint density at radius 1 is 1.00 bits per heavy atom. The zero-order valence-corrected chi connectivity index (χ0v) is 13.1. The maximum atomic E-state index is 12.2. The van der Waals surface area contributed by atoms with Crippen LogP contribution in [0, 0.1) is 0 Å². The van der Waals surface area contributed by atoms with Gasteiger partial charge in [-0.05, 0) is 55.0 Å². The van der Waals surface area contributed by atoms with E-state index in [1.165, 1.54) is 0 Å². The summed E-state index contributed by atoms with van der Waals surface area (Å²) in [5.74, 6) is 0.644. The molecule has 0 aliphatic rings. The molecule has 0 saturated heterocycles. The quantitative estimate of drug-likeness (QED) is 0.755. The average Bonchev–Trinajstić information content (AvgIpc) is 2.56. The maximum Gasteiger partial charge on any atom is 0.255 e. The van der Waals surface area contributed by atoms with Gasteiger partial charge in [0.05, 0.1) is 7.11 Å². The van der Waals surface area contributed by atoms with Crippen LogP contribution in [-0.4, -0.2) is 19.6 Å². The zero-order chi connectivity index (χ0) is 15.8. The first kappa shape index (κ1) is 15.9. The van der Waals surface area contributed by atoms with Gasteiger partial charge in [-0.3, -0.25) is 4.79 Å². The number of hydrogen-bond acceptors (Lipinski definition) is 3. The smallest absolute Gasteiger partial charge is 0.255 e. The lowest BCUT2D eigenvalue weighted by atomic mass is 10.2. The second kappa shape index (κ2) is 8.08. The van der Waals surface area contributed by atoms with Crippen LogP contribution in [0.4, 0.5) is 11.4 Å². The van der Waals surface area contributed by atoms with Crippen LogP contribution in [0.15, 0.2) is 48.5 Å². The van der Waals surface area contributed by atoms with Crippen LogP contribution in [0.5, 0.6) is 5.75 Å². The molecule has 0 saturated carbocycles. The zero-order valence-electron chi connectivity index (χ0n) is 13.1. The molecule has 0 radical (unpaired) electrons. The molecular formula is C18H22N2O2. The molecule has 2 aromatic carbocycles. The third-order valence-corrected chi connectivity index (χ3v) is 3.35. The Bertz CT molecular complexity index is 591. The van der Waals surface area contributed by atoms with E-state index in [4.69, 9.17) is 4.74 Å². The normalized spacial score (nSPS) is 10.1. The first-order chi connectivity index (χ1) is 10.7. The summed E-state index contributed by atoms with van der Waals surface area (Å²) in [4.78, 5) is 12.2. The van der Waals surface area contributed by atoms with Crippen molar-refractivity contribution in [3.05, 3.63) is 54.1 Å². The van der Waals surface area contributed by atoms with Crippen molar-refractivity contribution < 1.29 is 9.53 Å². The van der Waals surface area contributed by atoms with Gasteiger partial charge in [0.15, 0.2) is 0 Å². The van der Waals surface area contributed by atoms with Crippen LogP contribution in [0.25, 0.3) is 0 Å². The summed E-state index contributed by atoms with van der Waals surface area (Å²) in [6, 6.07) is 14.8. The summed E-state index contributed by atoms with van der Waals surface area (Å²) in [6.07, 6.45) is 2.30. The van der Waals surface area contributed by atoms with E-state index in [9.17, 15) is 4.79 Å². The van der Waals surface area contributed by atoms with E-state index < -0.39 is 0 Å². The third-order valence-electron chi connectivity index (χ3n) is 3.35. The summed E-state index contributed by atoms with van der Waals surface area (Å²) in [7, 11) is 1.61. The maximum absolute atomic E-state index is 12.2. The Morgan fingerprint density at radius 3 is 2.23 bits per heavy atom. The molecule has 0 aliphatic heterocycles. The summed E-state index contributed by atoms with van der Waals surface area (Å²) in [5.41, 5.74) is 2.42. The van der Waals surface area contributed by atoms with Crippen LogP contribution >= 0.6 is 0 Å². The van der Waals surface area contributed by atoms with E-state index in [1.54, 1.807) is 7.11 Å². The molecule has 2 rings (SSSR count). The van der Waals surface area contributed by atoms with Gasteiger partial charge in [0.1, 0.15) is 5.75 Å². The molecule has 1 amide bonds. The molecule has 2 N–H and O–H groups in total. The van der Waals surface area contributed by atoms with Gasteiger partial charge in [-0.2, -0.15) is 0 Å². The number of rotatable bonds is 7. The highest BCUT2D eigenvalue weighted by atomic mass is 16.5. The van der Waals surface area contributed by atoms with Crippen LogP contribution in [0.2, 0.25) is 0 Å². The number of nitrogens with one attached hydrogen (secondary N) is 2. The third kappa shape index (κ3) is 4.52. The largest absolute Gasteiger partial charge is 0.497 e. The SMILES string of the molecule is CCCCNc1ccc(C(=O)Nc2ccc(OC)cc2)cc1. The highest BCUT2D eigenvalue weighted by molar-refractivity contribution is 6.04. The molecule has 0 unspecified atom stereocenters. The van der Waals surface area contributed by atoms with E-state index in [0.29, 0.717) is 5.56 Å². The minimum absolute atomic E-state index is 0.120. The first-order valence-corrected chi connectivity index (χ1v) is 7.52. The highest BCUT2D eigenvalue weighted by Crippen LogP contribution is 2.16. The lowest BCUT2D eigenvalue weighted by Gasteiger charge is -2.08. The van der Waals surface area contributed by atoms with Gasteiger partial charge in [0, 0.05) is 23.5 Å². The van der Waals surface area contributed by atoms with Gasteiger partial charge in [-0.25, -0.2) is 0 Å². The lowest BCUT2D eigenvalue weighted by Crippen LogP contribution is -2.11. The van der Waals surface area contributed by atoms with Crippen LogP contribution in [0.1, 0.15) is 30.1 Å². The Labute approximate surface area is 131 Å². The first-order valence-electron chi connectivity index (χ1n) is 7.52. The molecule has 0 spiro atoms. The molecular weight excluding hydrogens is 276 g/mol. The Hall–Kier alpha value is -2.49. The standard InChI is InChI=1S/C18H22N2O2/c1-3-4-13-19-15-7-5-14(6-8-15)18(21)20-16-9-11-17(22-2)12-10-16/h5-12,19H,3-4,13H2,1-2H3,(H,20,21). The molecule has 0 atom stereocenters. The number of anilines is 2. The summed E-state index contributed by atoms with van der Waals surface area (Å²) in [5, 5.41) is 6.19. The minimum Gasteiger partial charge on any atom is -0.497 e. The Kier molecular flexibility index (Phi) is 5.83. The monoisotopic (exact) mass is 298 g/mol. The second-order valence-corrected chi connectivity index (χ2v) is 5.04. The molecule has 0 aromatic heterocycles. The van der Waals surface area contributed by atoms with E-state index >= 15 is 0 Å². The number of unbranched alkanes of at least 4 members (excludes halogenated alkanes) is 1. The number of hydrogen-bond donors (Lipinski definition) is 2. The van der Waals surface area contributed by atoms with Gasteiger partial charge in [0.2, 0.25) is 0 Å². The van der Waals surface area contributed by atoms with Crippen molar-refractivity contribution in [3.8, 4) is 5.75 Å². The van der Waals surface area contributed by atoms with E-state index in [0.717, 1.165) is 36.5 Å². The highest BCUT2D eigenvalue weighted by Gasteiger charge is 2.06. The van der Waals surface area contributed by atoms with Crippen molar-refractivity contribution in [3.63, 3.8) is 0 Å². The van der Waals surface area contributed by atoms with Crippen LogP contribution in [0.3, 0.4) is 0 Å². The molecule has 4 nitrogen and oxygen atoms in total. The molecule has 0 aliphatic carbocycles. The predicted octanol–water partition coefficient (Wildman–Crippen LogP) is 4.16. The molecule has 22 heavy (non-hydrogen) atoms. The molecule has 2 aromatic rings. The van der Waals surface area contributed by atoms with Gasteiger partial charge < -0.3 is 15.4 Å². The summed E-state index contributed by atoms with van der Waals surface area (Å²) < 4.78 is 5.09. The predicted molar refractivity (Wildman–Crippen MR) is 90.8 cm³/mol. The molecule has 0 fully saturated rings. The van der Waals surface area contributed by atoms with Gasteiger partial charge in [-0.15, -0.1) is 0 Å². The van der Waals surface area contributed by atoms with Crippen LogP contribution in [-0.2, 0) is 0 Å². The lowest BCUT2D eigenvalue weighted by molar-refractivity contribution is 0.102. The fraction of sp³-hybridized carbons (Fsp3) is 0.278. The molecule has 4 heteroatoms. The number of carbonyl (C=O) groups is 1.